The number of carbonyl (C=O) groups excluding carboxylic acids is 1. The van der Waals surface area contributed by atoms with Crippen LogP contribution in [0.3, 0.4) is 0 Å². The van der Waals surface area contributed by atoms with Gasteiger partial charge in [0.15, 0.2) is 0 Å². The van der Waals surface area contributed by atoms with Crippen LogP contribution in [0.2, 0.25) is 0 Å². The molecule has 0 saturated heterocycles. The number of carbonyl (C=O) groups is 2. The van der Waals surface area contributed by atoms with Crippen molar-refractivity contribution >= 4 is 29.3 Å². The molecule has 0 radical (unpaired) electrons. The van der Waals surface area contributed by atoms with Crippen molar-refractivity contribution in [3.8, 4) is 0 Å². The number of carboxylic acids is 1. The minimum Gasteiger partial charge on any atom is -0.481 e. The molecule has 0 unspecified atom stereocenters. The SMILES string of the molecule is Cc1ccc(C)c(NC(=O)CSCC2(CC(=O)O)CC2)c1. The number of hydrogen-bond donors (Lipinski definition) is 2. The van der Waals surface area contributed by atoms with Crippen LogP contribution in [0, 0.1) is 19.3 Å². The Bertz CT molecular complexity index is 552. The molecule has 0 heterocycles. The Balaban J connectivity index is 1.78. The summed E-state index contributed by atoms with van der Waals surface area (Å²) in [4.78, 5) is 22.7. The molecule has 0 aliphatic heterocycles. The molecule has 1 aromatic carbocycles. The Morgan fingerprint density at radius 1 is 1.33 bits per heavy atom. The van der Waals surface area contributed by atoms with Crippen molar-refractivity contribution in [2.24, 2.45) is 5.41 Å². The van der Waals surface area contributed by atoms with Gasteiger partial charge in [0.2, 0.25) is 5.91 Å². The molecule has 1 amide bonds. The monoisotopic (exact) mass is 307 g/mol. The molecular weight excluding hydrogens is 286 g/mol. The molecule has 0 atom stereocenters. The lowest BCUT2D eigenvalue weighted by atomic mass is 10.1. The smallest absolute Gasteiger partial charge is 0.303 e. The number of carboxylic acid groups (broad SMARTS) is 1. The number of anilines is 1. The molecular formula is C16H21NO3S. The summed E-state index contributed by atoms with van der Waals surface area (Å²) in [7, 11) is 0. The van der Waals surface area contributed by atoms with Gasteiger partial charge >= 0.3 is 5.97 Å². The number of hydrogen-bond acceptors (Lipinski definition) is 3. The van der Waals surface area contributed by atoms with E-state index in [0.29, 0.717) is 5.75 Å². The van der Waals surface area contributed by atoms with Crippen LogP contribution in [-0.2, 0) is 9.59 Å². The lowest BCUT2D eigenvalue weighted by Gasteiger charge is -2.12. The number of benzene rings is 1. The molecule has 5 heteroatoms. The maximum absolute atomic E-state index is 12.0. The predicted octanol–water partition coefficient (Wildman–Crippen LogP) is 3.23. The van der Waals surface area contributed by atoms with Gasteiger partial charge in [-0.05, 0) is 55.1 Å². The lowest BCUT2D eigenvalue weighted by molar-refractivity contribution is -0.138. The van der Waals surface area contributed by atoms with E-state index < -0.39 is 5.97 Å². The molecule has 0 aromatic heterocycles. The van der Waals surface area contributed by atoms with Gasteiger partial charge in [0.1, 0.15) is 0 Å². The van der Waals surface area contributed by atoms with E-state index >= 15 is 0 Å². The molecule has 2 N–H and O–H groups in total. The maximum atomic E-state index is 12.0. The van der Waals surface area contributed by atoms with Crippen molar-refractivity contribution in [2.45, 2.75) is 33.1 Å². The number of amides is 1. The molecule has 0 spiro atoms. The van der Waals surface area contributed by atoms with Gasteiger partial charge in [-0.25, -0.2) is 0 Å². The zero-order chi connectivity index (χ0) is 15.5. The van der Waals surface area contributed by atoms with Gasteiger partial charge in [0, 0.05) is 5.69 Å². The van der Waals surface area contributed by atoms with Crippen molar-refractivity contribution in [3.05, 3.63) is 29.3 Å². The topological polar surface area (TPSA) is 66.4 Å². The first kappa shape index (κ1) is 15.9. The second-order valence-corrected chi connectivity index (χ2v) is 6.92. The summed E-state index contributed by atoms with van der Waals surface area (Å²) < 4.78 is 0. The fraction of sp³-hybridized carbons (Fsp3) is 0.500. The molecule has 2 rings (SSSR count). The molecule has 1 aromatic rings. The molecule has 0 bridgehead atoms. The van der Waals surface area contributed by atoms with Crippen LogP contribution < -0.4 is 5.32 Å². The second kappa shape index (κ2) is 6.52. The third-order valence-electron chi connectivity index (χ3n) is 3.79. The Morgan fingerprint density at radius 3 is 2.67 bits per heavy atom. The van der Waals surface area contributed by atoms with Crippen molar-refractivity contribution in [1.29, 1.82) is 0 Å². The van der Waals surface area contributed by atoms with Crippen LogP contribution in [0.1, 0.15) is 30.4 Å². The van der Waals surface area contributed by atoms with Crippen LogP contribution in [-0.4, -0.2) is 28.5 Å². The van der Waals surface area contributed by atoms with Gasteiger partial charge in [-0.15, -0.1) is 0 Å². The standard InChI is InChI=1S/C16H21NO3S/c1-11-3-4-12(2)13(7-11)17-14(18)9-21-10-16(5-6-16)8-15(19)20/h3-4,7H,5-6,8-10H2,1-2H3,(H,17,18)(H,19,20). The third-order valence-corrected chi connectivity index (χ3v) is 5.07. The van der Waals surface area contributed by atoms with Crippen LogP contribution in [0.25, 0.3) is 0 Å². The average molecular weight is 307 g/mol. The summed E-state index contributed by atoms with van der Waals surface area (Å²) in [6.07, 6.45) is 2.15. The first-order valence-corrected chi connectivity index (χ1v) is 8.22. The van der Waals surface area contributed by atoms with Gasteiger partial charge in [0.25, 0.3) is 0 Å². The normalized spacial score (nSPS) is 15.5. The third kappa shape index (κ3) is 4.77. The van der Waals surface area contributed by atoms with E-state index in [1.165, 1.54) is 11.8 Å². The minimum atomic E-state index is -0.743. The summed E-state index contributed by atoms with van der Waals surface area (Å²) in [5.41, 5.74) is 2.95. The molecule has 1 aliphatic rings. The van der Waals surface area contributed by atoms with Gasteiger partial charge in [0.05, 0.1) is 12.2 Å². The van der Waals surface area contributed by atoms with Crippen LogP contribution in [0.4, 0.5) is 5.69 Å². The first-order chi connectivity index (χ1) is 9.90. The Morgan fingerprint density at radius 2 is 2.05 bits per heavy atom. The molecule has 114 valence electrons. The maximum Gasteiger partial charge on any atom is 0.303 e. The quantitative estimate of drug-likeness (QED) is 0.811. The lowest BCUT2D eigenvalue weighted by Crippen LogP contribution is -2.17. The summed E-state index contributed by atoms with van der Waals surface area (Å²) in [5, 5.41) is 11.8. The summed E-state index contributed by atoms with van der Waals surface area (Å²) in [5.74, 6) is 0.349. The molecule has 21 heavy (non-hydrogen) atoms. The summed E-state index contributed by atoms with van der Waals surface area (Å²) >= 11 is 1.53. The predicted molar refractivity (Wildman–Crippen MR) is 85.8 cm³/mol. The van der Waals surface area contributed by atoms with Gasteiger partial charge in [-0.1, -0.05) is 12.1 Å². The Hall–Kier alpha value is -1.49. The van der Waals surface area contributed by atoms with E-state index in [-0.39, 0.29) is 17.7 Å². The van der Waals surface area contributed by atoms with E-state index in [0.717, 1.165) is 35.4 Å². The summed E-state index contributed by atoms with van der Waals surface area (Å²) in [6.45, 7) is 3.96. The van der Waals surface area contributed by atoms with Gasteiger partial charge in [-0.3, -0.25) is 9.59 Å². The number of rotatable bonds is 7. The highest BCUT2D eigenvalue weighted by molar-refractivity contribution is 8.00. The molecule has 4 nitrogen and oxygen atoms in total. The van der Waals surface area contributed by atoms with Crippen LogP contribution in [0.5, 0.6) is 0 Å². The second-order valence-electron chi connectivity index (χ2n) is 5.93. The van der Waals surface area contributed by atoms with Crippen molar-refractivity contribution in [1.82, 2.24) is 0 Å². The number of aliphatic carboxylic acids is 1. The van der Waals surface area contributed by atoms with E-state index in [1.54, 1.807) is 0 Å². The minimum absolute atomic E-state index is 0.0279. The Labute approximate surface area is 129 Å². The van der Waals surface area contributed by atoms with Crippen molar-refractivity contribution < 1.29 is 14.7 Å². The average Bonchev–Trinajstić information content (AvgIpc) is 3.12. The highest BCUT2D eigenvalue weighted by Crippen LogP contribution is 2.50. The van der Waals surface area contributed by atoms with E-state index in [1.807, 2.05) is 32.0 Å². The zero-order valence-corrected chi connectivity index (χ0v) is 13.3. The fourth-order valence-corrected chi connectivity index (χ4v) is 3.47. The molecule has 1 saturated carbocycles. The largest absolute Gasteiger partial charge is 0.481 e. The zero-order valence-electron chi connectivity index (χ0n) is 12.4. The molecule has 1 aliphatic carbocycles. The van der Waals surface area contributed by atoms with E-state index in [2.05, 4.69) is 5.32 Å². The van der Waals surface area contributed by atoms with Crippen LogP contribution >= 0.6 is 11.8 Å². The van der Waals surface area contributed by atoms with E-state index in [4.69, 9.17) is 5.11 Å². The first-order valence-electron chi connectivity index (χ1n) is 7.07. The number of nitrogens with one attached hydrogen (secondary N) is 1. The van der Waals surface area contributed by atoms with Crippen LogP contribution in [0.15, 0.2) is 18.2 Å². The van der Waals surface area contributed by atoms with E-state index in [9.17, 15) is 9.59 Å². The fourth-order valence-electron chi connectivity index (χ4n) is 2.29. The Kier molecular flexibility index (Phi) is 4.93. The number of aryl methyl sites for hydroxylation is 2. The highest BCUT2D eigenvalue weighted by Gasteiger charge is 2.44. The van der Waals surface area contributed by atoms with Gasteiger partial charge < -0.3 is 10.4 Å². The van der Waals surface area contributed by atoms with Gasteiger partial charge in [-0.2, -0.15) is 11.8 Å². The van der Waals surface area contributed by atoms with Crippen molar-refractivity contribution in [3.63, 3.8) is 0 Å². The summed E-state index contributed by atoms with van der Waals surface area (Å²) in [6, 6.07) is 5.97. The number of thioether (sulfide) groups is 1. The highest BCUT2D eigenvalue weighted by atomic mass is 32.2. The molecule has 1 fully saturated rings. The van der Waals surface area contributed by atoms with Crippen molar-refractivity contribution in [2.75, 3.05) is 16.8 Å².